The molecule has 0 aromatic heterocycles. The summed E-state index contributed by atoms with van der Waals surface area (Å²) in [4.78, 5) is 0. The van der Waals surface area contributed by atoms with Gasteiger partial charge in [-0.3, -0.25) is 0 Å². The van der Waals surface area contributed by atoms with E-state index in [4.69, 9.17) is 0 Å². The first kappa shape index (κ1) is 13.4. The SMILES string of the molecule is CNC1CCCC(c2ccccc2)(c2ccccc2)C1. The van der Waals surface area contributed by atoms with E-state index in [2.05, 4.69) is 73.0 Å². The summed E-state index contributed by atoms with van der Waals surface area (Å²) in [5, 5.41) is 3.50. The van der Waals surface area contributed by atoms with E-state index in [0.29, 0.717) is 6.04 Å². The topological polar surface area (TPSA) is 12.0 Å². The molecule has 20 heavy (non-hydrogen) atoms. The second-order valence-corrected chi connectivity index (χ2v) is 5.90. The number of hydrogen-bond acceptors (Lipinski definition) is 1. The van der Waals surface area contributed by atoms with Gasteiger partial charge in [-0.2, -0.15) is 0 Å². The van der Waals surface area contributed by atoms with Gasteiger partial charge in [0.2, 0.25) is 0 Å². The molecule has 0 amide bonds. The third kappa shape index (κ3) is 2.38. The zero-order valence-electron chi connectivity index (χ0n) is 12.2. The van der Waals surface area contributed by atoms with Gasteiger partial charge < -0.3 is 5.32 Å². The largest absolute Gasteiger partial charge is 0.317 e. The van der Waals surface area contributed by atoms with Crippen LogP contribution >= 0.6 is 0 Å². The molecule has 0 radical (unpaired) electrons. The van der Waals surface area contributed by atoms with E-state index in [9.17, 15) is 0 Å². The molecule has 0 spiro atoms. The van der Waals surface area contributed by atoms with Crippen molar-refractivity contribution in [3.8, 4) is 0 Å². The van der Waals surface area contributed by atoms with Crippen LogP contribution < -0.4 is 5.32 Å². The third-order valence-corrected chi connectivity index (χ3v) is 4.81. The molecule has 0 bridgehead atoms. The van der Waals surface area contributed by atoms with Crippen molar-refractivity contribution in [1.29, 1.82) is 0 Å². The van der Waals surface area contributed by atoms with Gasteiger partial charge in [-0.15, -0.1) is 0 Å². The Morgan fingerprint density at radius 3 is 1.95 bits per heavy atom. The molecule has 3 rings (SSSR count). The van der Waals surface area contributed by atoms with Crippen LogP contribution in [0, 0.1) is 0 Å². The van der Waals surface area contributed by atoms with E-state index in [-0.39, 0.29) is 5.41 Å². The molecule has 1 atom stereocenters. The second-order valence-electron chi connectivity index (χ2n) is 5.90. The van der Waals surface area contributed by atoms with Gasteiger partial charge in [0.1, 0.15) is 0 Å². The van der Waals surface area contributed by atoms with Crippen molar-refractivity contribution in [2.24, 2.45) is 0 Å². The maximum absolute atomic E-state index is 3.50. The van der Waals surface area contributed by atoms with Gasteiger partial charge in [-0.05, 0) is 37.4 Å². The fraction of sp³-hybridized carbons (Fsp3) is 0.368. The van der Waals surface area contributed by atoms with Crippen LogP contribution in [-0.2, 0) is 5.41 Å². The summed E-state index contributed by atoms with van der Waals surface area (Å²) in [6.07, 6.45) is 5.02. The van der Waals surface area contributed by atoms with E-state index in [1.54, 1.807) is 0 Å². The van der Waals surface area contributed by atoms with Gasteiger partial charge >= 0.3 is 0 Å². The molecule has 1 aliphatic carbocycles. The molecule has 1 fully saturated rings. The highest BCUT2D eigenvalue weighted by Crippen LogP contribution is 2.44. The van der Waals surface area contributed by atoms with Gasteiger partial charge in [0.05, 0.1) is 0 Å². The smallest absolute Gasteiger partial charge is 0.0217 e. The summed E-state index contributed by atoms with van der Waals surface area (Å²) in [5.74, 6) is 0. The zero-order valence-corrected chi connectivity index (χ0v) is 12.2. The molecule has 2 aromatic rings. The van der Waals surface area contributed by atoms with Crippen molar-refractivity contribution in [2.45, 2.75) is 37.1 Å². The van der Waals surface area contributed by atoms with Crippen molar-refractivity contribution in [2.75, 3.05) is 7.05 Å². The summed E-state index contributed by atoms with van der Waals surface area (Å²) in [5.41, 5.74) is 3.10. The Morgan fingerprint density at radius 2 is 1.45 bits per heavy atom. The first-order chi connectivity index (χ1) is 9.85. The maximum atomic E-state index is 3.50. The van der Waals surface area contributed by atoms with Crippen molar-refractivity contribution in [3.63, 3.8) is 0 Å². The Labute approximate surface area is 122 Å². The highest BCUT2D eigenvalue weighted by atomic mass is 14.9. The van der Waals surface area contributed by atoms with Crippen LogP contribution in [0.3, 0.4) is 0 Å². The summed E-state index contributed by atoms with van der Waals surface area (Å²) >= 11 is 0. The average Bonchev–Trinajstić information content (AvgIpc) is 2.56. The summed E-state index contributed by atoms with van der Waals surface area (Å²) in [7, 11) is 2.09. The van der Waals surface area contributed by atoms with E-state index in [1.807, 2.05) is 0 Å². The lowest BCUT2D eigenvalue weighted by Gasteiger charge is -2.42. The minimum atomic E-state index is 0.175. The summed E-state index contributed by atoms with van der Waals surface area (Å²) in [6.45, 7) is 0. The highest BCUT2D eigenvalue weighted by Gasteiger charge is 2.38. The van der Waals surface area contributed by atoms with Crippen LogP contribution in [-0.4, -0.2) is 13.1 Å². The summed E-state index contributed by atoms with van der Waals surface area (Å²) in [6, 6.07) is 22.7. The Bertz CT molecular complexity index is 493. The standard InChI is InChI=1S/C19H23N/c1-20-18-13-8-14-19(15-18,16-9-4-2-5-10-16)17-11-6-3-7-12-17/h2-7,9-12,18,20H,8,13-15H2,1H3. The number of hydrogen-bond donors (Lipinski definition) is 1. The summed E-state index contributed by atoms with van der Waals surface area (Å²) < 4.78 is 0. The van der Waals surface area contributed by atoms with E-state index in [0.717, 1.165) is 0 Å². The molecule has 1 unspecified atom stereocenters. The van der Waals surface area contributed by atoms with E-state index >= 15 is 0 Å². The Morgan fingerprint density at radius 1 is 0.900 bits per heavy atom. The number of nitrogens with one attached hydrogen (secondary N) is 1. The Kier molecular flexibility index (Phi) is 3.88. The molecule has 0 saturated heterocycles. The van der Waals surface area contributed by atoms with Crippen molar-refractivity contribution < 1.29 is 0 Å². The number of benzene rings is 2. The van der Waals surface area contributed by atoms with Crippen molar-refractivity contribution in [3.05, 3.63) is 71.8 Å². The Balaban J connectivity index is 2.08. The quantitative estimate of drug-likeness (QED) is 0.879. The first-order valence-electron chi connectivity index (χ1n) is 7.63. The Hall–Kier alpha value is -1.60. The fourth-order valence-corrected chi connectivity index (χ4v) is 3.73. The van der Waals surface area contributed by atoms with Crippen LogP contribution in [0.1, 0.15) is 36.8 Å². The molecule has 1 aliphatic rings. The van der Waals surface area contributed by atoms with Gasteiger partial charge in [-0.1, -0.05) is 67.1 Å². The fourth-order valence-electron chi connectivity index (χ4n) is 3.73. The molecular weight excluding hydrogens is 242 g/mol. The molecule has 1 saturated carbocycles. The minimum absolute atomic E-state index is 0.175. The van der Waals surface area contributed by atoms with Gasteiger partial charge in [0.15, 0.2) is 0 Å². The second kappa shape index (κ2) is 5.80. The monoisotopic (exact) mass is 265 g/mol. The average molecular weight is 265 g/mol. The van der Waals surface area contributed by atoms with Crippen LogP contribution in [0.5, 0.6) is 0 Å². The predicted molar refractivity (Wildman–Crippen MR) is 85.0 cm³/mol. The third-order valence-electron chi connectivity index (χ3n) is 4.81. The molecule has 1 N–H and O–H groups in total. The van der Waals surface area contributed by atoms with Crippen molar-refractivity contribution >= 4 is 0 Å². The molecular formula is C19H23N. The predicted octanol–water partition coefficient (Wildman–Crippen LogP) is 4.13. The number of rotatable bonds is 3. The molecule has 1 nitrogen and oxygen atoms in total. The van der Waals surface area contributed by atoms with Crippen LogP contribution in [0.15, 0.2) is 60.7 Å². The minimum Gasteiger partial charge on any atom is -0.317 e. The van der Waals surface area contributed by atoms with E-state index < -0.39 is 0 Å². The molecule has 0 aliphatic heterocycles. The van der Waals surface area contributed by atoms with Gasteiger partial charge in [0.25, 0.3) is 0 Å². The lowest BCUT2D eigenvalue weighted by molar-refractivity contribution is 0.285. The maximum Gasteiger partial charge on any atom is 0.0217 e. The van der Waals surface area contributed by atoms with Gasteiger partial charge in [-0.25, -0.2) is 0 Å². The molecule has 104 valence electrons. The van der Waals surface area contributed by atoms with E-state index in [1.165, 1.54) is 36.8 Å². The lowest BCUT2D eigenvalue weighted by atomic mass is 9.64. The van der Waals surface area contributed by atoms with Crippen LogP contribution in [0.4, 0.5) is 0 Å². The molecule has 2 aromatic carbocycles. The normalized spacial score (nSPS) is 21.6. The molecule has 1 heteroatoms. The van der Waals surface area contributed by atoms with Crippen LogP contribution in [0.25, 0.3) is 0 Å². The van der Waals surface area contributed by atoms with Crippen molar-refractivity contribution in [1.82, 2.24) is 5.32 Å². The zero-order chi connectivity index (χ0) is 13.8. The van der Waals surface area contributed by atoms with Gasteiger partial charge in [0, 0.05) is 11.5 Å². The highest BCUT2D eigenvalue weighted by molar-refractivity contribution is 5.40. The van der Waals surface area contributed by atoms with Crippen LogP contribution in [0.2, 0.25) is 0 Å². The lowest BCUT2D eigenvalue weighted by Crippen LogP contribution is -2.41. The first-order valence-corrected chi connectivity index (χ1v) is 7.63. The molecule has 0 heterocycles.